The fourth-order valence-corrected chi connectivity index (χ4v) is 2.90. The second kappa shape index (κ2) is 7.43. The number of carbonyl (C=O) groups is 2. The zero-order chi connectivity index (χ0) is 17.8. The predicted octanol–water partition coefficient (Wildman–Crippen LogP) is 0.209. The third kappa shape index (κ3) is 4.21. The largest absolute Gasteiger partial charge is 0.369 e. The lowest BCUT2D eigenvalue weighted by atomic mass is 10.2. The Morgan fingerprint density at radius 1 is 1.12 bits per heavy atom. The summed E-state index contributed by atoms with van der Waals surface area (Å²) in [6, 6.07) is 7.85. The minimum atomic E-state index is -0.346. The standard InChI is InChI=1S/C17H22N6O2/c1-13-3-5-14(6-4-13)23-11-15(19-20-23)17(25)22-8-2-7-21(9-10-22)12-16(18)24/h3-6,11H,2,7-10,12H2,1H3,(H2,18,24). The van der Waals surface area contributed by atoms with Crippen molar-refractivity contribution in [2.24, 2.45) is 5.73 Å². The number of carbonyl (C=O) groups excluding carboxylic acids is 2. The van der Waals surface area contributed by atoms with Gasteiger partial charge >= 0.3 is 0 Å². The maximum absolute atomic E-state index is 12.7. The van der Waals surface area contributed by atoms with E-state index in [1.54, 1.807) is 15.8 Å². The molecule has 0 spiro atoms. The second-order valence-electron chi connectivity index (χ2n) is 6.27. The van der Waals surface area contributed by atoms with Gasteiger partial charge in [-0.1, -0.05) is 22.9 Å². The van der Waals surface area contributed by atoms with Crippen molar-refractivity contribution < 1.29 is 9.59 Å². The van der Waals surface area contributed by atoms with Gasteiger partial charge in [-0.05, 0) is 25.5 Å². The number of hydrogen-bond donors (Lipinski definition) is 1. The van der Waals surface area contributed by atoms with Crippen LogP contribution in [0.2, 0.25) is 0 Å². The van der Waals surface area contributed by atoms with E-state index in [4.69, 9.17) is 5.73 Å². The number of aryl methyl sites for hydroxylation is 1. The van der Waals surface area contributed by atoms with E-state index in [1.807, 2.05) is 36.1 Å². The molecule has 2 N–H and O–H groups in total. The molecule has 1 aromatic carbocycles. The number of nitrogens with zero attached hydrogens (tertiary/aromatic N) is 5. The number of rotatable bonds is 4. The maximum Gasteiger partial charge on any atom is 0.276 e. The number of nitrogens with two attached hydrogens (primary N) is 1. The average molecular weight is 342 g/mol. The highest BCUT2D eigenvalue weighted by molar-refractivity contribution is 5.92. The zero-order valence-corrected chi connectivity index (χ0v) is 14.3. The average Bonchev–Trinajstić information content (AvgIpc) is 2.96. The molecular weight excluding hydrogens is 320 g/mol. The van der Waals surface area contributed by atoms with Crippen LogP contribution in [-0.2, 0) is 4.79 Å². The molecular formula is C17H22N6O2. The van der Waals surface area contributed by atoms with Crippen LogP contribution >= 0.6 is 0 Å². The molecule has 1 aromatic heterocycles. The van der Waals surface area contributed by atoms with Crippen LogP contribution in [0.4, 0.5) is 0 Å². The van der Waals surface area contributed by atoms with E-state index in [2.05, 4.69) is 10.3 Å². The molecule has 0 unspecified atom stereocenters. The Labute approximate surface area is 146 Å². The molecule has 8 nitrogen and oxygen atoms in total. The Bertz CT molecular complexity index is 755. The summed E-state index contributed by atoms with van der Waals surface area (Å²) in [4.78, 5) is 27.5. The van der Waals surface area contributed by atoms with Gasteiger partial charge in [0.25, 0.3) is 5.91 Å². The SMILES string of the molecule is Cc1ccc(-n2cc(C(=O)N3CCCN(CC(N)=O)CC3)nn2)cc1. The number of aromatic nitrogens is 3. The van der Waals surface area contributed by atoms with Crippen LogP contribution in [0, 0.1) is 6.92 Å². The summed E-state index contributed by atoms with van der Waals surface area (Å²) in [6.07, 6.45) is 2.45. The van der Waals surface area contributed by atoms with Gasteiger partial charge in [0.1, 0.15) is 0 Å². The van der Waals surface area contributed by atoms with Gasteiger partial charge in [-0.2, -0.15) is 0 Å². The molecule has 0 saturated carbocycles. The van der Waals surface area contributed by atoms with Gasteiger partial charge in [0, 0.05) is 26.2 Å². The molecule has 1 aliphatic heterocycles. The molecule has 2 aromatic rings. The molecule has 1 fully saturated rings. The summed E-state index contributed by atoms with van der Waals surface area (Å²) < 4.78 is 1.60. The van der Waals surface area contributed by atoms with Crippen molar-refractivity contribution in [3.05, 3.63) is 41.7 Å². The first-order valence-corrected chi connectivity index (χ1v) is 8.32. The lowest BCUT2D eigenvalue weighted by molar-refractivity contribution is -0.119. The van der Waals surface area contributed by atoms with Gasteiger partial charge in [-0.25, -0.2) is 4.68 Å². The molecule has 25 heavy (non-hydrogen) atoms. The van der Waals surface area contributed by atoms with Crippen LogP contribution in [0.5, 0.6) is 0 Å². The second-order valence-corrected chi connectivity index (χ2v) is 6.27. The quantitative estimate of drug-likeness (QED) is 0.856. The van der Waals surface area contributed by atoms with E-state index in [0.717, 1.165) is 24.2 Å². The molecule has 2 heterocycles. The van der Waals surface area contributed by atoms with Gasteiger partial charge in [-0.3, -0.25) is 14.5 Å². The lowest BCUT2D eigenvalue weighted by Crippen LogP contribution is -2.38. The predicted molar refractivity (Wildman–Crippen MR) is 92.3 cm³/mol. The summed E-state index contributed by atoms with van der Waals surface area (Å²) in [6.45, 7) is 4.80. The summed E-state index contributed by atoms with van der Waals surface area (Å²) >= 11 is 0. The van der Waals surface area contributed by atoms with Crippen LogP contribution in [0.25, 0.3) is 5.69 Å². The minimum Gasteiger partial charge on any atom is -0.369 e. The van der Waals surface area contributed by atoms with Gasteiger partial charge in [0.05, 0.1) is 18.4 Å². The minimum absolute atomic E-state index is 0.140. The van der Waals surface area contributed by atoms with E-state index in [9.17, 15) is 9.59 Å². The number of amides is 2. The van der Waals surface area contributed by atoms with Crippen molar-refractivity contribution in [3.63, 3.8) is 0 Å². The molecule has 0 bridgehead atoms. The Balaban J connectivity index is 1.67. The van der Waals surface area contributed by atoms with Crippen LogP contribution in [-0.4, -0.2) is 69.3 Å². The summed E-state index contributed by atoms with van der Waals surface area (Å²) in [5, 5.41) is 8.08. The fraction of sp³-hybridized carbons (Fsp3) is 0.412. The van der Waals surface area contributed by atoms with E-state index in [0.29, 0.717) is 25.3 Å². The van der Waals surface area contributed by atoms with E-state index < -0.39 is 0 Å². The van der Waals surface area contributed by atoms with E-state index in [1.165, 1.54) is 0 Å². The monoisotopic (exact) mass is 342 g/mol. The first kappa shape index (κ1) is 17.1. The molecule has 0 atom stereocenters. The van der Waals surface area contributed by atoms with Gasteiger partial charge < -0.3 is 10.6 Å². The Morgan fingerprint density at radius 2 is 1.88 bits per heavy atom. The third-order valence-corrected chi connectivity index (χ3v) is 4.27. The smallest absolute Gasteiger partial charge is 0.276 e. The number of benzene rings is 1. The lowest BCUT2D eigenvalue weighted by Gasteiger charge is -2.20. The number of hydrogen-bond acceptors (Lipinski definition) is 5. The summed E-state index contributed by atoms with van der Waals surface area (Å²) in [7, 11) is 0. The Hall–Kier alpha value is -2.74. The highest BCUT2D eigenvalue weighted by atomic mass is 16.2. The molecule has 0 aliphatic carbocycles. The van der Waals surface area contributed by atoms with Crippen LogP contribution in [0.15, 0.2) is 30.5 Å². The third-order valence-electron chi connectivity index (χ3n) is 4.27. The highest BCUT2D eigenvalue weighted by Gasteiger charge is 2.23. The van der Waals surface area contributed by atoms with Crippen molar-refractivity contribution in [1.82, 2.24) is 24.8 Å². The first-order chi connectivity index (χ1) is 12.0. The van der Waals surface area contributed by atoms with Gasteiger partial charge in [0.2, 0.25) is 5.91 Å². The highest BCUT2D eigenvalue weighted by Crippen LogP contribution is 2.11. The topological polar surface area (TPSA) is 97.3 Å². The van der Waals surface area contributed by atoms with Crippen molar-refractivity contribution >= 4 is 11.8 Å². The zero-order valence-electron chi connectivity index (χ0n) is 14.3. The number of primary amides is 1. The normalized spacial score (nSPS) is 15.8. The van der Waals surface area contributed by atoms with Gasteiger partial charge in [-0.15, -0.1) is 5.10 Å². The van der Waals surface area contributed by atoms with Crippen LogP contribution in [0.3, 0.4) is 0 Å². The molecule has 3 rings (SSSR count). The van der Waals surface area contributed by atoms with Crippen molar-refractivity contribution in [2.75, 3.05) is 32.7 Å². The summed E-state index contributed by atoms with van der Waals surface area (Å²) in [5.41, 5.74) is 7.59. The van der Waals surface area contributed by atoms with Crippen LogP contribution < -0.4 is 5.73 Å². The fourth-order valence-electron chi connectivity index (χ4n) is 2.90. The molecule has 1 aliphatic rings. The summed E-state index contributed by atoms with van der Waals surface area (Å²) in [5.74, 6) is -0.486. The van der Waals surface area contributed by atoms with E-state index >= 15 is 0 Å². The van der Waals surface area contributed by atoms with Crippen molar-refractivity contribution in [2.45, 2.75) is 13.3 Å². The van der Waals surface area contributed by atoms with Crippen LogP contribution in [0.1, 0.15) is 22.5 Å². The molecule has 8 heteroatoms. The maximum atomic E-state index is 12.7. The van der Waals surface area contributed by atoms with E-state index in [-0.39, 0.29) is 18.4 Å². The molecule has 2 amide bonds. The molecule has 0 radical (unpaired) electrons. The Kier molecular flexibility index (Phi) is 5.08. The van der Waals surface area contributed by atoms with Crippen molar-refractivity contribution in [1.29, 1.82) is 0 Å². The first-order valence-electron chi connectivity index (χ1n) is 8.32. The molecule has 132 valence electrons. The van der Waals surface area contributed by atoms with Crippen molar-refractivity contribution in [3.8, 4) is 5.69 Å². The Morgan fingerprint density at radius 3 is 2.60 bits per heavy atom. The van der Waals surface area contributed by atoms with Gasteiger partial charge in [0.15, 0.2) is 5.69 Å². The molecule has 1 saturated heterocycles.